The number of aliphatic carboxylic acids is 1. The summed E-state index contributed by atoms with van der Waals surface area (Å²) in [6.45, 7) is 5.80. The average molecular weight is 316 g/mol. The summed E-state index contributed by atoms with van der Waals surface area (Å²) in [5.74, 6) is -1.32. The highest BCUT2D eigenvalue weighted by molar-refractivity contribution is 5.93. The van der Waals surface area contributed by atoms with E-state index in [9.17, 15) is 9.59 Å². The summed E-state index contributed by atoms with van der Waals surface area (Å²) in [5.41, 5.74) is 2.00. The van der Waals surface area contributed by atoms with Crippen LogP contribution in [0.1, 0.15) is 29.9 Å². The third kappa shape index (κ3) is 4.38. The molecule has 0 aliphatic heterocycles. The van der Waals surface area contributed by atoms with E-state index in [1.807, 2.05) is 45.0 Å². The summed E-state index contributed by atoms with van der Waals surface area (Å²) in [4.78, 5) is 24.7. The Hall–Kier alpha value is -2.70. The van der Waals surface area contributed by atoms with E-state index in [0.717, 1.165) is 11.3 Å². The van der Waals surface area contributed by atoms with Crippen molar-refractivity contribution in [2.45, 2.75) is 20.8 Å². The summed E-state index contributed by atoms with van der Waals surface area (Å²) in [7, 11) is 0. The SMILES string of the molecule is Cc1cccc(-n2cc(C(=O)N(CC(=O)O)CC(C)C)nn2)c1. The number of hydrogen-bond acceptors (Lipinski definition) is 4. The van der Waals surface area contributed by atoms with E-state index in [-0.39, 0.29) is 18.2 Å². The van der Waals surface area contributed by atoms with E-state index < -0.39 is 11.9 Å². The highest BCUT2D eigenvalue weighted by Crippen LogP contribution is 2.11. The van der Waals surface area contributed by atoms with Gasteiger partial charge >= 0.3 is 5.97 Å². The molecule has 1 aromatic heterocycles. The molecule has 1 aromatic carbocycles. The fourth-order valence-electron chi connectivity index (χ4n) is 2.24. The molecular formula is C16H20N4O3. The number of amides is 1. The number of aryl methyl sites for hydroxylation is 1. The lowest BCUT2D eigenvalue weighted by molar-refractivity contribution is -0.137. The molecule has 23 heavy (non-hydrogen) atoms. The number of carbonyl (C=O) groups excluding carboxylic acids is 1. The molecule has 2 aromatic rings. The van der Waals surface area contributed by atoms with E-state index in [1.165, 1.54) is 15.8 Å². The normalized spacial score (nSPS) is 10.8. The highest BCUT2D eigenvalue weighted by atomic mass is 16.4. The molecule has 0 aliphatic rings. The van der Waals surface area contributed by atoms with E-state index in [0.29, 0.717) is 6.54 Å². The molecule has 1 heterocycles. The molecule has 122 valence electrons. The first kappa shape index (κ1) is 16.7. The van der Waals surface area contributed by atoms with E-state index >= 15 is 0 Å². The molecule has 7 nitrogen and oxygen atoms in total. The maximum absolute atomic E-state index is 12.5. The van der Waals surface area contributed by atoms with Gasteiger partial charge in [-0.25, -0.2) is 4.68 Å². The Morgan fingerprint density at radius 1 is 1.35 bits per heavy atom. The van der Waals surface area contributed by atoms with Gasteiger partial charge in [0.25, 0.3) is 5.91 Å². The largest absolute Gasteiger partial charge is 0.480 e. The van der Waals surface area contributed by atoms with Gasteiger partial charge in [0, 0.05) is 6.54 Å². The molecule has 1 amide bonds. The lowest BCUT2D eigenvalue weighted by Crippen LogP contribution is -2.38. The van der Waals surface area contributed by atoms with Crippen molar-refractivity contribution < 1.29 is 14.7 Å². The summed E-state index contributed by atoms with van der Waals surface area (Å²) in [5, 5.41) is 16.8. The van der Waals surface area contributed by atoms with Crippen LogP contribution in [0.25, 0.3) is 5.69 Å². The molecule has 0 spiro atoms. The zero-order valence-corrected chi connectivity index (χ0v) is 13.4. The first-order valence-corrected chi connectivity index (χ1v) is 7.37. The monoisotopic (exact) mass is 316 g/mol. The Morgan fingerprint density at radius 2 is 2.09 bits per heavy atom. The Labute approximate surface area is 134 Å². The lowest BCUT2D eigenvalue weighted by atomic mass is 10.2. The van der Waals surface area contributed by atoms with E-state index in [4.69, 9.17) is 5.11 Å². The van der Waals surface area contributed by atoms with Crippen molar-refractivity contribution in [3.05, 3.63) is 41.7 Å². The maximum atomic E-state index is 12.5. The van der Waals surface area contributed by atoms with Crippen molar-refractivity contribution in [1.29, 1.82) is 0 Å². The van der Waals surface area contributed by atoms with Gasteiger partial charge in [0.1, 0.15) is 6.54 Å². The number of rotatable bonds is 6. The molecule has 1 N–H and O–H groups in total. The van der Waals surface area contributed by atoms with E-state index in [1.54, 1.807) is 0 Å². The maximum Gasteiger partial charge on any atom is 0.323 e. The zero-order valence-electron chi connectivity index (χ0n) is 13.4. The van der Waals surface area contributed by atoms with Crippen LogP contribution in [0.3, 0.4) is 0 Å². The molecule has 0 atom stereocenters. The predicted octanol–water partition coefficient (Wildman–Crippen LogP) is 1.76. The van der Waals surface area contributed by atoms with Crippen LogP contribution < -0.4 is 0 Å². The molecule has 0 radical (unpaired) electrons. The van der Waals surface area contributed by atoms with E-state index in [2.05, 4.69) is 10.3 Å². The first-order chi connectivity index (χ1) is 10.9. The van der Waals surface area contributed by atoms with Crippen molar-refractivity contribution in [3.8, 4) is 5.69 Å². The van der Waals surface area contributed by atoms with Gasteiger partial charge in [0.15, 0.2) is 5.69 Å². The Bertz CT molecular complexity index is 709. The van der Waals surface area contributed by atoms with Crippen LogP contribution in [0.2, 0.25) is 0 Å². The number of carbonyl (C=O) groups is 2. The van der Waals surface area contributed by atoms with Gasteiger partial charge in [0.05, 0.1) is 11.9 Å². The number of carboxylic acid groups (broad SMARTS) is 1. The van der Waals surface area contributed by atoms with Gasteiger partial charge in [0.2, 0.25) is 0 Å². The molecule has 0 unspecified atom stereocenters. The number of aromatic nitrogens is 3. The highest BCUT2D eigenvalue weighted by Gasteiger charge is 2.22. The summed E-state index contributed by atoms with van der Waals surface area (Å²) in [6.07, 6.45) is 1.52. The second-order valence-electron chi connectivity index (χ2n) is 5.86. The van der Waals surface area contributed by atoms with Crippen molar-refractivity contribution in [1.82, 2.24) is 19.9 Å². The topological polar surface area (TPSA) is 88.3 Å². The number of benzene rings is 1. The summed E-state index contributed by atoms with van der Waals surface area (Å²) in [6, 6.07) is 7.64. The van der Waals surface area contributed by atoms with Crippen molar-refractivity contribution >= 4 is 11.9 Å². The van der Waals surface area contributed by atoms with Crippen LogP contribution >= 0.6 is 0 Å². The Morgan fingerprint density at radius 3 is 2.70 bits per heavy atom. The Kier molecular flexibility index (Phi) is 5.10. The molecule has 2 rings (SSSR count). The van der Waals surface area contributed by atoms with Crippen LogP contribution in [0.4, 0.5) is 0 Å². The second kappa shape index (κ2) is 7.04. The molecular weight excluding hydrogens is 296 g/mol. The molecule has 0 bridgehead atoms. The molecule has 0 aliphatic carbocycles. The minimum absolute atomic E-state index is 0.133. The van der Waals surface area contributed by atoms with Crippen molar-refractivity contribution in [2.24, 2.45) is 5.92 Å². The molecule has 0 fully saturated rings. The third-order valence-electron chi connectivity index (χ3n) is 3.18. The summed E-state index contributed by atoms with van der Waals surface area (Å²) >= 11 is 0. The zero-order chi connectivity index (χ0) is 17.0. The van der Waals surface area contributed by atoms with Gasteiger partial charge in [-0.15, -0.1) is 5.10 Å². The van der Waals surface area contributed by atoms with Gasteiger partial charge in [-0.05, 0) is 30.5 Å². The lowest BCUT2D eigenvalue weighted by Gasteiger charge is -2.21. The molecule has 0 saturated carbocycles. The third-order valence-corrected chi connectivity index (χ3v) is 3.18. The van der Waals surface area contributed by atoms with Crippen molar-refractivity contribution in [2.75, 3.05) is 13.1 Å². The van der Waals surface area contributed by atoms with Crippen LogP contribution in [-0.2, 0) is 4.79 Å². The minimum Gasteiger partial charge on any atom is -0.480 e. The quantitative estimate of drug-likeness (QED) is 0.877. The van der Waals surface area contributed by atoms with Crippen LogP contribution in [-0.4, -0.2) is 50.0 Å². The number of carboxylic acids is 1. The fraction of sp³-hybridized carbons (Fsp3) is 0.375. The van der Waals surface area contributed by atoms with Gasteiger partial charge in [-0.3, -0.25) is 9.59 Å². The van der Waals surface area contributed by atoms with Crippen LogP contribution in [0.5, 0.6) is 0 Å². The first-order valence-electron chi connectivity index (χ1n) is 7.37. The fourth-order valence-corrected chi connectivity index (χ4v) is 2.24. The van der Waals surface area contributed by atoms with Gasteiger partial charge in [-0.2, -0.15) is 0 Å². The van der Waals surface area contributed by atoms with Gasteiger partial charge < -0.3 is 10.0 Å². The smallest absolute Gasteiger partial charge is 0.323 e. The van der Waals surface area contributed by atoms with Crippen LogP contribution in [0, 0.1) is 12.8 Å². The van der Waals surface area contributed by atoms with Crippen LogP contribution in [0.15, 0.2) is 30.5 Å². The number of nitrogens with zero attached hydrogens (tertiary/aromatic N) is 4. The second-order valence-corrected chi connectivity index (χ2v) is 5.86. The Balaban J connectivity index is 2.23. The predicted molar refractivity (Wildman–Crippen MR) is 84.5 cm³/mol. The molecule has 7 heteroatoms. The molecule has 0 saturated heterocycles. The van der Waals surface area contributed by atoms with Gasteiger partial charge in [-0.1, -0.05) is 31.2 Å². The summed E-state index contributed by atoms with van der Waals surface area (Å²) < 4.78 is 1.51. The standard InChI is InChI=1S/C16H20N4O3/c1-11(2)8-19(10-15(21)22)16(23)14-9-20(18-17-14)13-6-4-5-12(3)7-13/h4-7,9,11H,8,10H2,1-3H3,(H,21,22). The minimum atomic E-state index is -1.05. The number of hydrogen-bond donors (Lipinski definition) is 1. The van der Waals surface area contributed by atoms with Crippen molar-refractivity contribution in [3.63, 3.8) is 0 Å². The average Bonchev–Trinajstić information content (AvgIpc) is 2.94.